The number of hydrogen-bond donors (Lipinski definition) is 1. The molecule has 1 aromatic carbocycles. The first-order valence-corrected chi connectivity index (χ1v) is 7.74. The Balaban J connectivity index is 2.08. The van der Waals surface area contributed by atoms with E-state index in [1.54, 1.807) is 7.11 Å². The lowest BCUT2D eigenvalue weighted by Crippen LogP contribution is -2.31. The molecule has 1 fully saturated rings. The Morgan fingerprint density at radius 3 is 2.75 bits per heavy atom. The van der Waals surface area contributed by atoms with Gasteiger partial charge in [-0.3, -0.25) is 0 Å². The first kappa shape index (κ1) is 15.3. The van der Waals surface area contributed by atoms with Crippen molar-refractivity contribution in [2.24, 2.45) is 0 Å². The SMILES string of the molecule is CCCNC(COC1CCC1)c1cc(C)ccc1OC. The van der Waals surface area contributed by atoms with Crippen molar-refractivity contribution < 1.29 is 9.47 Å². The molecule has 112 valence electrons. The molecule has 3 nitrogen and oxygen atoms in total. The molecule has 0 bridgehead atoms. The van der Waals surface area contributed by atoms with Gasteiger partial charge in [0.2, 0.25) is 0 Å². The van der Waals surface area contributed by atoms with Crippen molar-refractivity contribution in [2.75, 3.05) is 20.3 Å². The minimum absolute atomic E-state index is 0.213. The average molecular weight is 277 g/mol. The minimum Gasteiger partial charge on any atom is -0.496 e. The van der Waals surface area contributed by atoms with Gasteiger partial charge in [0, 0.05) is 5.56 Å². The fraction of sp³-hybridized carbons (Fsp3) is 0.647. The lowest BCUT2D eigenvalue weighted by Gasteiger charge is -2.29. The number of nitrogens with one attached hydrogen (secondary N) is 1. The van der Waals surface area contributed by atoms with Crippen molar-refractivity contribution in [1.82, 2.24) is 5.32 Å². The highest BCUT2D eigenvalue weighted by Crippen LogP contribution is 2.29. The molecule has 1 saturated carbocycles. The lowest BCUT2D eigenvalue weighted by atomic mass is 9.96. The maximum absolute atomic E-state index is 6.01. The number of ether oxygens (including phenoxy) is 2. The summed E-state index contributed by atoms with van der Waals surface area (Å²) >= 11 is 0. The highest BCUT2D eigenvalue weighted by Gasteiger charge is 2.22. The third kappa shape index (κ3) is 3.97. The molecule has 0 radical (unpaired) electrons. The smallest absolute Gasteiger partial charge is 0.123 e. The van der Waals surface area contributed by atoms with Gasteiger partial charge in [-0.05, 0) is 45.2 Å². The summed E-state index contributed by atoms with van der Waals surface area (Å²) in [5, 5.41) is 3.59. The van der Waals surface area contributed by atoms with Gasteiger partial charge < -0.3 is 14.8 Å². The van der Waals surface area contributed by atoms with Crippen molar-refractivity contribution in [3.63, 3.8) is 0 Å². The van der Waals surface area contributed by atoms with Crippen LogP contribution in [0.2, 0.25) is 0 Å². The predicted molar refractivity (Wildman–Crippen MR) is 82.4 cm³/mol. The van der Waals surface area contributed by atoms with E-state index in [1.165, 1.54) is 30.4 Å². The number of methoxy groups -OCH3 is 1. The van der Waals surface area contributed by atoms with Crippen LogP contribution in [0.25, 0.3) is 0 Å². The molecule has 1 aliphatic carbocycles. The molecule has 0 amide bonds. The van der Waals surface area contributed by atoms with Crippen LogP contribution in [0.5, 0.6) is 5.75 Å². The van der Waals surface area contributed by atoms with Gasteiger partial charge >= 0.3 is 0 Å². The third-order valence-electron chi connectivity index (χ3n) is 3.95. The van der Waals surface area contributed by atoms with Gasteiger partial charge in [-0.2, -0.15) is 0 Å². The lowest BCUT2D eigenvalue weighted by molar-refractivity contribution is -0.00900. The molecule has 1 aromatic rings. The molecular weight excluding hydrogens is 250 g/mol. The maximum atomic E-state index is 6.01. The molecule has 3 heteroatoms. The Kier molecular flexibility index (Phi) is 5.86. The van der Waals surface area contributed by atoms with Crippen LogP contribution in [0.3, 0.4) is 0 Å². The van der Waals surface area contributed by atoms with Gasteiger partial charge in [-0.25, -0.2) is 0 Å². The average Bonchev–Trinajstić information content (AvgIpc) is 2.40. The standard InChI is InChI=1S/C17H27NO2/c1-4-10-18-16(12-20-14-6-5-7-14)15-11-13(2)8-9-17(15)19-3/h8-9,11,14,16,18H,4-7,10,12H2,1-3H3. The van der Waals surface area contributed by atoms with Gasteiger partial charge in [-0.15, -0.1) is 0 Å². The van der Waals surface area contributed by atoms with E-state index in [0.717, 1.165) is 25.3 Å². The molecule has 2 rings (SSSR count). The quantitative estimate of drug-likeness (QED) is 0.787. The molecule has 0 heterocycles. The Hall–Kier alpha value is -1.06. The fourth-order valence-electron chi connectivity index (χ4n) is 2.47. The van der Waals surface area contributed by atoms with E-state index in [0.29, 0.717) is 6.10 Å². The van der Waals surface area contributed by atoms with Crippen LogP contribution in [0.15, 0.2) is 18.2 Å². The fourth-order valence-corrected chi connectivity index (χ4v) is 2.47. The summed E-state index contributed by atoms with van der Waals surface area (Å²) in [6.45, 7) is 6.03. The third-order valence-corrected chi connectivity index (χ3v) is 3.95. The summed E-state index contributed by atoms with van der Waals surface area (Å²) in [6.07, 6.45) is 5.33. The normalized spacial score (nSPS) is 16.8. The second kappa shape index (κ2) is 7.65. The Labute approximate surface area is 122 Å². The van der Waals surface area contributed by atoms with Crippen molar-refractivity contribution in [3.8, 4) is 5.75 Å². The molecule has 0 saturated heterocycles. The molecule has 1 unspecified atom stereocenters. The van der Waals surface area contributed by atoms with Crippen molar-refractivity contribution in [3.05, 3.63) is 29.3 Å². The van der Waals surface area contributed by atoms with E-state index in [1.807, 2.05) is 0 Å². The molecule has 0 spiro atoms. The monoisotopic (exact) mass is 277 g/mol. The molecule has 0 aliphatic heterocycles. The van der Waals surface area contributed by atoms with Gasteiger partial charge in [-0.1, -0.05) is 24.6 Å². The Bertz CT molecular complexity index is 415. The summed E-state index contributed by atoms with van der Waals surface area (Å²) in [6, 6.07) is 6.56. The van der Waals surface area contributed by atoms with E-state index in [4.69, 9.17) is 9.47 Å². The molecule has 1 atom stereocenters. The van der Waals surface area contributed by atoms with Crippen LogP contribution in [0.1, 0.15) is 49.8 Å². The van der Waals surface area contributed by atoms with E-state index in [9.17, 15) is 0 Å². The first-order chi connectivity index (χ1) is 9.74. The zero-order valence-electron chi connectivity index (χ0n) is 12.9. The van der Waals surface area contributed by atoms with E-state index >= 15 is 0 Å². The molecule has 1 aliphatic rings. The van der Waals surface area contributed by atoms with Gasteiger partial charge in [0.25, 0.3) is 0 Å². The van der Waals surface area contributed by atoms with Crippen molar-refractivity contribution in [1.29, 1.82) is 0 Å². The number of aryl methyl sites for hydroxylation is 1. The van der Waals surface area contributed by atoms with Crippen molar-refractivity contribution >= 4 is 0 Å². The van der Waals surface area contributed by atoms with Crippen LogP contribution in [0, 0.1) is 6.92 Å². The van der Waals surface area contributed by atoms with Crippen LogP contribution >= 0.6 is 0 Å². The van der Waals surface area contributed by atoms with Crippen LogP contribution in [-0.4, -0.2) is 26.4 Å². The Morgan fingerprint density at radius 2 is 2.15 bits per heavy atom. The number of rotatable bonds is 8. The summed E-state index contributed by atoms with van der Waals surface area (Å²) < 4.78 is 11.5. The zero-order chi connectivity index (χ0) is 14.4. The second-order valence-corrected chi connectivity index (χ2v) is 5.64. The topological polar surface area (TPSA) is 30.5 Å². The molecular formula is C17H27NO2. The predicted octanol–water partition coefficient (Wildman–Crippen LogP) is 3.61. The maximum Gasteiger partial charge on any atom is 0.123 e. The van der Waals surface area contributed by atoms with Gasteiger partial charge in [0.1, 0.15) is 5.75 Å². The largest absolute Gasteiger partial charge is 0.496 e. The minimum atomic E-state index is 0.213. The Morgan fingerprint density at radius 1 is 1.35 bits per heavy atom. The van der Waals surface area contributed by atoms with Crippen LogP contribution in [-0.2, 0) is 4.74 Å². The summed E-state index contributed by atoms with van der Waals surface area (Å²) in [4.78, 5) is 0. The van der Waals surface area contributed by atoms with Crippen LogP contribution in [0.4, 0.5) is 0 Å². The highest BCUT2D eigenvalue weighted by atomic mass is 16.5. The van der Waals surface area contributed by atoms with E-state index in [2.05, 4.69) is 37.4 Å². The summed E-state index contributed by atoms with van der Waals surface area (Å²) in [5.74, 6) is 0.946. The molecule has 0 aromatic heterocycles. The number of benzene rings is 1. The molecule has 1 N–H and O–H groups in total. The highest BCUT2D eigenvalue weighted by molar-refractivity contribution is 5.39. The van der Waals surface area contributed by atoms with Gasteiger partial charge in [0.05, 0.1) is 25.9 Å². The summed E-state index contributed by atoms with van der Waals surface area (Å²) in [5.41, 5.74) is 2.47. The van der Waals surface area contributed by atoms with Gasteiger partial charge in [0.15, 0.2) is 0 Å². The second-order valence-electron chi connectivity index (χ2n) is 5.64. The van der Waals surface area contributed by atoms with Crippen LogP contribution < -0.4 is 10.1 Å². The van der Waals surface area contributed by atoms with E-state index < -0.39 is 0 Å². The number of hydrogen-bond acceptors (Lipinski definition) is 3. The first-order valence-electron chi connectivity index (χ1n) is 7.74. The van der Waals surface area contributed by atoms with E-state index in [-0.39, 0.29) is 6.04 Å². The zero-order valence-corrected chi connectivity index (χ0v) is 12.9. The molecule has 20 heavy (non-hydrogen) atoms. The van der Waals surface area contributed by atoms with Crippen molar-refractivity contribution in [2.45, 2.75) is 51.7 Å². The summed E-state index contributed by atoms with van der Waals surface area (Å²) in [7, 11) is 1.73.